The lowest BCUT2D eigenvalue weighted by atomic mass is 10.1. The zero-order chi connectivity index (χ0) is 21.3. The van der Waals surface area contributed by atoms with Crippen molar-refractivity contribution in [1.29, 1.82) is 0 Å². The summed E-state index contributed by atoms with van der Waals surface area (Å²) in [5.41, 5.74) is 8.76. The van der Waals surface area contributed by atoms with E-state index in [1.807, 2.05) is 24.5 Å². The van der Waals surface area contributed by atoms with Crippen molar-refractivity contribution in [2.75, 3.05) is 19.8 Å². The van der Waals surface area contributed by atoms with Crippen molar-refractivity contribution in [2.24, 2.45) is 0 Å². The van der Waals surface area contributed by atoms with Crippen molar-refractivity contribution in [2.45, 2.75) is 31.9 Å². The Morgan fingerprint density at radius 3 is 2.62 bits per heavy atom. The number of sulfonamides is 1. The molecule has 0 bridgehead atoms. The maximum atomic E-state index is 12.4. The first-order valence-corrected chi connectivity index (χ1v) is 10.5. The van der Waals surface area contributed by atoms with Crippen molar-refractivity contribution in [1.82, 2.24) is 13.9 Å². The van der Waals surface area contributed by atoms with Gasteiger partial charge in [-0.1, -0.05) is 12.1 Å². The number of nitrogen functional groups attached to an aromatic ring is 1. The zero-order valence-corrected chi connectivity index (χ0v) is 17.7. The molecule has 0 atom stereocenters. The lowest BCUT2D eigenvalue weighted by Crippen LogP contribution is -2.22. The number of aromatic nitrogens is 2. The third kappa shape index (κ3) is 3.83. The number of nitrogens with two attached hydrogens (primary N) is 1. The summed E-state index contributed by atoms with van der Waals surface area (Å²) in [6.45, 7) is 4.30. The third-order valence-electron chi connectivity index (χ3n) is 4.77. The molecular weight excluding hydrogens is 392 g/mol. The molecule has 0 saturated carbocycles. The molecule has 0 aliphatic carbocycles. The van der Waals surface area contributed by atoms with Gasteiger partial charge in [0.2, 0.25) is 10.0 Å². The second-order valence-corrected chi connectivity index (χ2v) is 8.97. The van der Waals surface area contributed by atoms with Gasteiger partial charge < -0.3 is 15.0 Å². The average molecular weight is 417 g/mol. The third-order valence-corrected chi connectivity index (χ3v) is 6.58. The Morgan fingerprint density at radius 1 is 1.24 bits per heavy atom. The Morgan fingerprint density at radius 2 is 1.97 bits per heavy atom. The lowest BCUT2D eigenvalue weighted by molar-refractivity contribution is 0.0460. The molecular formula is C20H24N4O4S. The number of nitrogens with zero attached hydrogens (tertiary/aromatic N) is 3. The monoisotopic (exact) mass is 416 g/mol. The number of anilines is 1. The predicted octanol–water partition coefficient (Wildman–Crippen LogP) is 2.55. The summed E-state index contributed by atoms with van der Waals surface area (Å²) < 4.78 is 33.2. The highest BCUT2D eigenvalue weighted by Gasteiger charge is 2.20. The topological polar surface area (TPSA) is 108 Å². The van der Waals surface area contributed by atoms with Crippen LogP contribution >= 0.6 is 0 Å². The smallest absolute Gasteiger partial charge is 0.340 e. The maximum Gasteiger partial charge on any atom is 0.340 e. The number of fused-ring (bicyclic) bond motifs is 1. The van der Waals surface area contributed by atoms with Crippen molar-refractivity contribution in [3.63, 3.8) is 0 Å². The minimum absolute atomic E-state index is 0.0511. The molecule has 0 radical (unpaired) electrons. The van der Waals surface area contributed by atoms with Crippen LogP contribution in [0.1, 0.15) is 28.7 Å². The summed E-state index contributed by atoms with van der Waals surface area (Å²) in [5.74, 6) is -0.00161. The Hall–Kier alpha value is -2.91. The number of hydrogen-bond acceptors (Lipinski definition) is 6. The molecule has 0 aliphatic heterocycles. The Balaban J connectivity index is 1.91. The lowest BCUT2D eigenvalue weighted by Gasteiger charge is -2.11. The highest BCUT2D eigenvalue weighted by Crippen LogP contribution is 2.23. The number of benzene rings is 2. The zero-order valence-electron chi connectivity index (χ0n) is 16.8. The number of carbonyl (C=O) groups excluding carboxylic acids is 1. The Kier molecular flexibility index (Phi) is 5.63. The summed E-state index contributed by atoms with van der Waals surface area (Å²) in [5, 5.41) is 0. The van der Waals surface area contributed by atoms with E-state index < -0.39 is 16.0 Å². The van der Waals surface area contributed by atoms with E-state index in [4.69, 9.17) is 10.5 Å². The summed E-state index contributed by atoms with van der Waals surface area (Å²) >= 11 is 0. The van der Waals surface area contributed by atoms with Crippen molar-refractivity contribution >= 4 is 32.7 Å². The minimum Gasteiger partial charge on any atom is -0.454 e. The van der Waals surface area contributed by atoms with Crippen LogP contribution in [0, 0.1) is 6.92 Å². The maximum absolute atomic E-state index is 12.4. The molecule has 0 unspecified atom stereocenters. The standard InChI is InChI=1S/C20H24N4O4S/c1-5-24-17-10-9-14(29(26,27)23(3)4)11-16(17)22-18(24)12-28-20(25)15-8-6-7-13(2)19(15)21/h6-11H,5,12,21H2,1-4H3. The largest absolute Gasteiger partial charge is 0.454 e. The van der Waals surface area contributed by atoms with Gasteiger partial charge in [0.15, 0.2) is 0 Å². The number of esters is 1. The molecule has 1 heterocycles. The fraction of sp³-hybridized carbons (Fsp3) is 0.300. The molecule has 2 N–H and O–H groups in total. The first kappa shape index (κ1) is 20.8. The van der Waals surface area contributed by atoms with Gasteiger partial charge in [-0.3, -0.25) is 0 Å². The van der Waals surface area contributed by atoms with Crippen LogP contribution in [0.2, 0.25) is 0 Å². The summed E-state index contributed by atoms with van der Waals surface area (Å²) in [6, 6.07) is 9.98. The number of carbonyl (C=O) groups is 1. The van der Waals surface area contributed by atoms with Crippen LogP contribution in [0.4, 0.5) is 5.69 Å². The van der Waals surface area contributed by atoms with Crippen LogP contribution in [0.5, 0.6) is 0 Å². The van der Waals surface area contributed by atoms with Crippen molar-refractivity contribution in [3.05, 3.63) is 53.3 Å². The highest BCUT2D eigenvalue weighted by molar-refractivity contribution is 7.89. The van der Waals surface area contributed by atoms with Crippen molar-refractivity contribution < 1.29 is 17.9 Å². The number of imidazole rings is 1. The predicted molar refractivity (Wildman–Crippen MR) is 111 cm³/mol. The van der Waals surface area contributed by atoms with Crippen LogP contribution in [-0.4, -0.2) is 42.3 Å². The van der Waals surface area contributed by atoms with Gasteiger partial charge >= 0.3 is 5.97 Å². The van der Waals surface area contributed by atoms with E-state index in [9.17, 15) is 13.2 Å². The molecule has 154 valence electrons. The fourth-order valence-electron chi connectivity index (χ4n) is 3.06. The van der Waals surface area contributed by atoms with E-state index in [-0.39, 0.29) is 11.5 Å². The van der Waals surface area contributed by atoms with Gasteiger partial charge in [0.25, 0.3) is 0 Å². The summed E-state index contributed by atoms with van der Waals surface area (Å²) in [4.78, 5) is 17.1. The Bertz CT molecular complexity index is 1180. The molecule has 9 heteroatoms. The molecule has 29 heavy (non-hydrogen) atoms. The SMILES string of the molecule is CCn1c(COC(=O)c2cccc(C)c2N)nc2cc(S(=O)(=O)N(C)C)ccc21. The summed E-state index contributed by atoms with van der Waals surface area (Å²) in [6.07, 6.45) is 0. The molecule has 0 spiro atoms. The number of para-hydroxylation sites is 1. The second-order valence-electron chi connectivity index (χ2n) is 6.82. The van der Waals surface area contributed by atoms with Gasteiger partial charge in [-0.2, -0.15) is 0 Å². The minimum atomic E-state index is -3.56. The normalized spacial score (nSPS) is 11.9. The van der Waals surface area contributed by atoms with Gasteiger partial charge in [-0.25, -0.2) is 22.5 Å². The van der Waals surface area contributed by atoms with E-state index in [1.54, 1.807) is 24.3 Å². The Labute approximate surface area is 169 Å². The number of ether oxygens (including phenoxy) is 1. The number of rotatable bonds is 6. The van der Waals surface area contributed by atoms with E-state index >= 15 is 0 Å². The first-order chi connectivity index (χ1) is 13.7. The quantitative estimate of drug-likeness (QED) is 0.489. The average Bonchev–Trinajstić information content (AvgIpc) is 3.04. The van der Waals surface area contributed by atoms with Gasteiger partial charge in [0.1, 0.15) is 12.4 Å². The molecule has 0 fully saturated rings. The van der Waals surface area contributed by atoms with Crippen molar-refractivity contribution in [3.8, 4) is 0 Å². The molecule has 8 nitrogen and oxygen atoms in total. The van der Waals surface area contributed by atoms with E-state index in [0.717, 1.165) is 15.4 Å². The molecule has 0 aliphatic rings. The van der Waals surface area contributed by atoms with Gasteiger partial charge in [-0.15, -0.1) is 0 Å². The van der Waals surface area contributed by atoms with Crippen LogP contribution in [0.15, 0.2) is 41.3 Å². The molecule has 0 amide bonds. The first-order valence-electron chi connectivity index (χ1n) is 9.10. The number of aryl methyl sites for hydroxylation is 2. The van der Waals surface area contributed by atoms with Crippen LogP contribution in [0.3, 0.4) is 0 Å². The molecule has 1 aromatic heterocycles. The van der Waals surface area contributed by atoms with E-state index in [1.165, 1.54) is 20.2 Å². The molecule has 3 rings (SSSR count). The molecule has 2 aromatic carbocycles. The second kappa shape index (κ2) is 7.84. The van der Waals surface area contributed by atoms with Gasteiger partial charge in [0.05, 0.1) is 21.5 Å². The van der Waals surface area contributed by atoms with Gasteiger partial charge in [0, 0.05) is 26.3 Å². The van der Waals surface area contributed by atoms with Crippen LogP contribution in [-0.2, 0) is 27.9 Å². The van der Waals surface area contributed by atoms with Gasteiger partial charge in [-0.05, 0) is 43.7 Å². The molecule has 0 saturated heterocycles. The molecule has 3 aromatic rings. The summed E-state index contributed by atoms with van der Waals surface area (Å²) in [7, 11) is -0.608. The fourth-order valence-corrected chi connectivity index (χ4v) is 3.98. The van der Waals surface area contributed by atoms with E-state index in [0.29, 0.717) is 29.1 Å². The highest BCUT2D eigenvalue weighted by atomic mass is 32.2. The van der Waals surface area contributed by atoms with Crippen LogP contribution in [0.25, 0.3) is 11.0 Å². The van der Waals surface area contributed by atoms with E-state index in [2.05, 4.69) is 4.98 Å². The van der Waals surface area contributed by atoms with Crippen LogP contribution < -0.4 is 5.73 Å². The number of hydrogen-bond donors (Lipinski definition) is 1.